The van der Waals surface area contributed by atoms with E-state index in [0.717, 1.165) is 24.2 Å². The zero-order valence-corrected chi connectivity index (χ0v) is 8.45. The lowest BCUT2D eigenvalue weighted by Crippen LogP contribution is -2.11. The first kappa shape index (κ1) is 8.84. The maximum atomic E-state index is 5.69. The van der Waals surface area contributed by atoms with Gasteiger partial charge in [-0.05, 0) is 44.1 Å². The average molecular weight is 195 g/mol. The fourth-order valence-electron chi connectivity index (χ4n) is 2.08. The van der Waals surface area contributed by atoms with Crippen LogP contribution in [0.2, 0.25) is 0 Å². The monoisotopic (exact) mass is 195 g/mol. The molecule has 1 atom stereocenters. The number of aromatic amines is 1. The van der Waals surface area contributed by atoms with Gasteiger partial charge in [-0.2, -0.15) is 0 Å². The van der Waals surface area contributed by atoms with Crippen LogP contribution in [0.5, 0.6) is 0 Å². The van der Waals surface area contributed by atoms with Crippen LogP contribution in [-0.2, 0) is 6.42 Å². The van der Waals surface area contributed by atoms with E-state index in [1.54, 1.807) is 0 Å². The second kappa shape index (κ2) is 3.20. The topological polar surface area (TPSA) is 54.7 Å². The molecule has 2 rings (SSSR count). The molecule has 4 heteroatoms. The first-order chi connectivity index (χ1) is 6.22. The third kappa shape index (κ3) is 1.40. The predicted molar refractivity (Wildman–Crippen MR) is 54.3 cm³/mol. The van der Waals surface area contributed by atoms with E-state index in [1.165, 1.54) is 5.56 Å². The summed E-state index contributed by atoms with van der Waals surface area (Å²) in [7, 11) is 0. The zero-order chi connectivity index (χ0) is 9.42. The molecule has 0 amide bonds. The highest BCUT2D eigenvalue weighted by Gasteiger charge is 2.24. The highest BCUT2D eigenvalue weighted by molar-refractivity contribution is 7.71. The molecule has 0 radical (unpaired) electrons. The molecule has 3 nitrogen and oxygen atoms in total. The Balaban J connectivity index is 2.58. The molecule has 0 aliphatic heterocycles. The SMILES string of the molecule is Cc1[nH]c(=S)nc2c1C(CN)CC2. The number of nitrogens with zero attached hydrogens (tertiary/aromatic N) is 1. The van der Waals surface area contributed by atoms with E-state index in [0.29, 0.717) is 17.2 Å². The van der Waals surface area contributed by atoms with Crippen molar-refractivity contribution in [2.24, 2.45) is 5.73 Å². The van der Waals surface area contributed by atoms with Gasteiger partial charge in [0, 0.05) is 17.3 Å². The van der Waals surface area contributed by atoms with Crippen molar-refractivity contribution in [2.45, 2.75) is 25.7 Å². The summed E-state index contributed by atoms with van der Waals surface area (Å²) in [5.74, 6) is 0.481. The number of H-pyrrole nitrogens is 1. The van der Waals surface area contributed by atoms with Gasteiger partial charge in [-0.3, -0.25) is 0 Å². The van der Waals surface area contributed by atoms with Gasteiger partial charge in [-0.25, -0.2) is 4.98 Å². The predicted octanol–water partition coefficient (Wildman–Crippen LogP) is 1.44. The number of rotatable bonds is 1. The summed E-state index contributed by atoms with van der Waals surface area (Å²) >= 11 is 5.02. The lowest BCUT2D eigenvalue weighted by atomic mass is 10.0. The molecule has 1 aliphatic rings. The van der Waals surface area contributed by atoms with E-state index in [4.69, 9.17) is 18.0 Å². The third-order valence-electron chi connectivity index (χ3n) is 2.67. The molecule has 0 saturated carbocycles. The molecule has 1 unspecified atom stereocenters. The molecule has 3 N–H and O–H groups in total. The third-order valence-corrected chi connectivity index (χ3v) is 2.86. The van der Waals surface area contributed by atoms with E-state index in [9.17, 15) is 0 Å². The summed E-state index contributed by atoms with van der Waals surface area (Å²) in [5, 5.41) is 0. The molecule has 0 aromatic carbocycles. The summed E-state index contributed by atoms with van der Waals surface area (Å²) in [6.07, 6.45) is 2.14. The van der Waals surface area contributed by atoms with E-state index in [1.807, 2.05) is 6.92 Å². The second-order valence-corrected chi connectivity index (χ2v) is 3.89. The van der Waals surface area contributed by atoms with Crippen LogP contribution in [0.4, 0.5) is 0 Å². The molecule has 0 fully saturated rings. The number of nitrogens with one attached hydrogen (secondary N) is 1. The van der Waals surface area contributed by atoms with Crippen molar-refractivity contribution in [1.29, 1.82) is 0 Å². The minimum atomic E-state index is 0.481. The molecule has 1 aliphatic carbocycles. The largest absolute Gasteiger partial charge is 0.334 e. The molecule has 0 saturated heterocycles. The molecular weight excluding hydrogens is 182 g/mol. The van der Waals surface area contributed by atoms with Crippen LogP contribution in [0.3, 0.4) is 0 Å². The molecule has 0 spiro atoms. The number of fused-ring (bicyclic) bond motifs is 1. The molecule has 70 valence electrons. The van der Waals surface area contributed by atoms with Gasteiger partial charge in [0.05, 0.1) is 0 Å². The molecule has 1 aromatic heterocycles. The van der Waals surface area contributed by atoms with Crippen molar-refractivity contribution in [3.63, 3.8) is 0 Å². The number of aromatic nitrogens is 2. The second-order valence-electron chi connectivity index (χ2n) is 3.50. The van der Waals surface area contributed by atoms with Gasteiger partial charge in [0.2, 0.25) is 0 Å². The normalized spacial score (nSPS) is 20.3. The Kier molecular flexibility index (Phi) is 2.17. The van der Waals surface area contributed by atoms with Crippen LogP contribution >= 0.6 is 12.2 Å². The quantitative estimate of drug-likeness (QED) is 0.667. The number of hydrogen-bond donors (Lipinski definition) is 2. The van der Waals surface area contributed by atoms with Crippen LogP contribution in [0.1, 0.15) is 29.3 Å². The Hall–Kier alpha value is -0.740. The minimum Gasteiger partial charge on any atom is -0.334 e. The summed E-state index contributed by atoms with van der Waals surface area (Å²) in [5.41, 5.74) is 9.28. The zero-order valence-electron chi connectivity index (χ0n) is 7.63. The van der Waals surface area contributed by atoms with Crippen LogP contribution in [-0.4, -0.2) is 16.5 Å². The molecular formula is C9H13N3S. The van der Waals surface area contributed by atoms with E-state index >= 15 is 0 Å². The van der Waals surface area contributed by atoms with Crippen molar-refractivity contribution < 1.29 is 0 Å². The summed E-state index contributed by atoms with van der Waals surface area (Å²) < 4.78 is 0.592. The number of nitrogens with two attached hydrogens (primary N) is 1. The first-order valence-electron chi connectivity index (χ1n) is 4.52. The van der Waals surface area contributed by atoms with Gasteiger partial charge in [0.15, 0.2) is 4.77 Å². The van der Waals surface area contributed by atoms with Crippen molar-refractivity contribution in [2.75, 3.05) is 6.54 Å². The maximum Gasteiger partial charge on any atom is 0.197 e. The van der Waals surface area contributed by atoms with Gasteiger partial charge in [0.25, 0.3) is 0 Å². The lowest BCUT2D eigenvalue weighted by Gasteiger charge is -2.10. The standard InChI is InChI=1S/C9H13N3S/c1-5-8-6(4-10)2-3-7(8)12-9(13)11-5/h6H,2-4,10H2,1H3,(H,11,12,13). The average Bonchev–Trinajstić information content (AvgIpc) is 2.47. The Morgan fingerprint density at radius 3 is 3.15 bits per heavy atom. The number of aryl methyl sites for hydroxylation is 2. The van der Waals surface area contributed by atoms with Crippen LogP contribution < -0.4 is 5.73 Å². The number of hydrogen-bond acceptors (Lipinski definition) is 3. The van der Waals surface area contributed by atoms with Gasteiger partial charge in [-0.15, -0.1) is 0 Å². The van der Waals surface area contributed by atoms with E-state index < -0.39 is 0 Å². The highest BCUT2D eigenvalue weighted by atomic mass is 32.1. The Labute approximate surface area is 82.4 Å². The molecule has 13 heavy (non-hydrogen) atoms. The fraction of sp³-hybridized carbons (Fsp3) is 0.556. The van der Waals surface area contributed by atoms with Crippen LogP contribution in [0, 0.1) is 11.7 Å². The van der Waals surface area contributed by atoms with Crippen molar-refractivity contribution >= 4 is 12.2 Å². The van der Waals surface area contributed by atoms with Crippen LogP contribution in [0.25, 0.3) is 0 Å². The van der Waals surface area contributed by atoms with Crippen molar-refractivity contribution in [1.82, 2.24) is 9.97 Å². The molecule has 0 bridgehead atoms. The van der Waals surface area contributed by atoms with Gasteiger partial charge in [-0.1, -0.05) is 0 Å². The molecule has 1 heterocycles. The summed E-state index contributed by atoms with van der Waals surface area (Å²) in [6.45, 7) is 2.75. The smallest absolute Gasteiger partial charge is 0.197 e. The van der Waals surface area contributed by atoms with E-state index in [2.05, 4.69) is 9.97 Å². The highest BCUT2D eigenvalue weighted by Crippen LogP contribution is 2.32. The summed E-state index contributed by atoms with van der Waals surface area (Å²) in [6, 6.07) is 0. The summed E-state index contributed by atoms with van der Waals surface area (Å²) in [4.78, 5) is 7.40. The fourth-order valence-corrected chi connectivity index (χ4v) is 2.34. The van der Waals surface area contributed by atoms with Gasteiger partial charge < -0.3 is 10.7 Å². The Bertz CT molecular complexity index is 383. The Morgan fingerprint density at radius 2 is 2.46 bits per heavy atom. The van der Waals surface area contributed by atoms with Crippen LogP contribution in [0.15, 0.2) is 0 Å². The van der Waals surface area contributed by atoms with Gasteiger partial charge >= 0.3 is 0 Å². The lowest BCUT2D eigenvalue weighted by molar-refractivity contribution is 0.683. The first-order valence-corrected chi connectivity index (χ1v) is 4.93. The Morgan fingerprint density at radius 1 is 1.69 bits per heavy atom. The van der Waals surface area contributed by atoms with Gasteiger partial charge in [0.1, 0.15) is 0 Å². The van der Waals surface area contributed by atoms with E-state index in [-0.39, 0.29) is 0 Å². The van der Waals surface area contributed by atoms with Crippen molar-refractivity contribution in [3.8, 4) is 0 Å². The minimum absolute atomic E-state index is 0.481. The molecule has 1 aromatic rings. The maximum absolute atomic E-state index is 5.69. The van der Waals surface area contributed by atoms with Crippen molar-refractivity contribution in [3.05, 3.63) is 21.7 Å².